The van der Waals surface area contributed by atoms with Crippen LogP contribution in [0.4, 0.5) is 0 Å². The van der Waals surface area contributed by atoms with Gasteiger partial charge in [0.2, 0.25) is 41.6 Å². The summed E-state index contributed by atoms with van der Waals surface area (Å²) in [7, 11) is -12.1. The van der Waals surface area contributed by atoms with Crippen LogP contribution >= 0.6 is 0 Å². The monoisotopic (exact) mass is 1400 g/mol. The van der Waals surface area contributed by atoms with Crippen LogP contribution in [0.1, 0.15) is 159 Å². The van der Waals surface area contributed by atoms with Gasteiger partial charge in [-0.1, -0.05) is 197 Å². The molecule has 5 aromatic rings. The van der Waals surface area contributed by atoms with Crippen molar-refractivity contribution in [3.05, 3.63) is 160 Å². The lowest BCUT2D eigenvalue weighted by molar-refractivity contribution is 0.311. The predicted octanol–water partition coefficient (Wildman–Crippen LogP) is 21.5. The molecule has 0 unspecified atom stereocenters. The third-order valence-electron chi connectivity index (χ3n) is 15.3. The number of azide groups is 1. The maximum atomic E-state index is 11.0. The Labute approximate surface area is 579 Å². The third kappa shape index (κ3) is 38.9. The molecule has 0 aliphatic heterocycles. The van der Waals surface area contributed by atoms with E-state index in [1.54, 1.807) is 0 Å². The fourth-order valence-corrected chi connectivity index (χ4v) is 17.9. The minimum atomic E-state index is -3.37. The molecule has 0 saturated carbocycles. The highest BCUT2D eigenvalue weighted by atomic mass is 32.2. The number of hydrogen-bond acceptors (Lipinski definition) is 11. The van der Waals surface area contributed by atoms with E-state index in [1.165, 1.54) is 40.3 Å². The van der Waals surface area contributed by atoms with Crippen molar-refractivity contribution in [3.8, 4) is 28.7 Å². The molecule has 94 heavy (non-hydrogen) atoms. The molecule has 0 atom stereocenters. The Morgan fingerprint density at radius 2 is 0.681 bits per heavy atom. The number of rotatable bonds is 25. The van der Waals surface area contributed by atoms with E-state index >= 15 is 0 Å². The van der Waals surface area contributed by atoms with Crippen LogP contribution in [0.2, 0.25) is 95.7 Å². The van der Waals surface area contributed by atoms with Crippen LogP contribution in [0.3, 0.4) is 0 Å². The van der Waals surface area contributed by atoms with Crippen LogP contribution in [-0.2, 0) is 41.4 Å². The minimum Gasteiger partial charge on any atom is -0.544 e. The first-order chi connectivity index (χ1) is 42.7. The van der Waals surface area contributed by atoms with Gasteiger partial charge in [-0.25, -0.2) is 0 Å². The summed E-state index contributed by atoms with van der Waals surface area (Å²) in [4.78, 5) is 2.78. The highest BCUT2D eigenvalue weighted by Gasteiger charge is 2.29. The van der Waals surface area contributed by atoms with Crippen molar-refractivity contribution in [1.29, 1.82) is 0 Å². The van der Waals surface area contributed by atoms with Gasteiger partial charge in [-0.2, -0.15) is 8.42 Å². The number of nitrogens with one attached hydrogen (secondary N) is 1. The van der Waals surface area contributed by atoms with Gasteiger partial charge in [0.15, 0.2) is 0 Å². The molecule has 0 spiro atoms. The molecule has 0 heterocycles. The van der Waals surface area contributed by atoms with Crippen molar-refractivity contribution >= 4 is 51.7 Å². The molecule has 13 nitrogen and oxygen atoms in total. The first-order valence-corrected chi connectivity index (χ1v) is 51.3. The van der Waals surface area contributed by atoms with E-state index in [9.17, 15) is 8.42 Å². The predicted molar refractivity (Wildman–Crippen MR) is 416 cm³/mol. The van der Waals surface area contributed by atoms with Gasteiger partial charge in [0.1, 0.15) is 28.7 Å². The lowest BCUT2D eigenvalue weighted by atomic mass is 9.87. The molecule has 5 rings (SSSR count). The summed E-state index contributed by atoms with van der Waals surface area (Å²) in [5, 5.41) is 16.0. The molecule has 0 aliphatic carbocycles. The van der Waals surface area contributed by atoms with Gasteiger partial charge < -0.3 is 32.6 Å². The summed E-state index contributed by atoms with van der Waals surface area (Å²) in [5.41, 5.74) is 15.8. The lowest BCUT2D eigenvalue weighted by Crippen LogP contribution is -2.38. The maximum Gasteiger partial charge on any atom is 0.264 e. The second-order valence-electron chi connectivity index (χ2n) is 33.2. The number of nitrogens with zero attached hydrogens (tertiary/aromatic N) is 3. The standard InChI is InChI=1S/C17H31NOSi.C15H26O4SSi.C15H26OSi.C14H23N3OSi.C14H24O2Si/c1-14(2)18-12-13-20(6,7)19-16-10-8-15(9-11-16)17(3,4)5;1-15(2,3)13-7-9-14(10-8-13)19-21(5,6)12-11-18-20(4,16)17;1-7-12-17(5,6)16-14-10-8-13(9-11-14)15(2,3)4;1-14(2,3)12-6-8-13(9-7-12)18-19(4,5)11-10-16-17-15;1-14(2,3)12-6-8-13(9-7-12)16-17(4,5)11-10-15/h8-11,14,18H,12-13H2,1-7H3;7-10H,11-12H2,1-6H3;8-11H,7,12H2,1-6H3;6-9H,10-11H2,1-5H3;6-9,15H,10-11H2,1-5H3. The van der Waals surface area contributed by atoms with Crippen molar-refractivity contribution in [3.63, 3.8) is 0 Å². The Morgan fingerprint density at radius 3 is 0.904 bits per heavy atom. The van der Waals surface area contributed by atoms with Gasteiger partial charge in [-0.3, -0.25) is 4.18 Å². The molecule has 0 aliphatic rings. The van der Waals surface area contributed by atoms with Crippen LogP contribution in [-0.4, -0.2) is 93.7 Å². The first kappa shape index (κ1) is 87.3. The molecule has 0 amide bonds. The fourth-order valence-electron chi connectivity index (χ4n) is 9.30. The van der Waals surface area contributed by atoms with Gasteiger partial charge in [-0.15, -0.1) is 0 Å². The molecule has 0 saturated heterocycles. The highest BCUT2D eigenvalue weighted by Crippen LogP contribution is 2.32. The minimum absolute atomic E-state index is 0.120. The van der Waals surface area contributed by atoms with E-state index < -0.39 is 51.7 Å². The zero-order valence-corrected chi connectivity index (χ0v) is 70.0. The van der Waals surface area contributed by atoms with E-state index in [0.717, 1.165) is 59.7 Å². The molecule has 0 bridgehead atoms. The topological polar surface area (TPSA) is 171 Å². The van der Waals surface area contributed by atoms with Crippen LogP contribution in [0, 0.1) is 0 Å². The zero-order valence-electron chi connectivity index (χ0n) is 64.2. The number of aliphatic hydroxyl groups is 1. The summed E-state index contributed by atoms with van der Waals surface area (Å²) < 4.78 is 57.2. The van der Waals surface area contributed by atoms with E-state index in [4.69, 9.17) is 37.0 Å². The molecular formula is C75H130N4O9SSi5. The van der Waals surface area contributed by atoms with Crippen LogP contribution in [0.5, 0.6) is 28.7 Å². The number of hydrogen-bond donors (Lipinski definition) is 2. The molecule has 5 aromatic carbocycles. The van der Waals surface area contributed by atoms with Crippen molar-refractivity contribution in [2.24, 2.45) is 5.11 Å². The van der Waals surface area contributed by atoms with Crippen molar-refractivity contribution < 1.29 is 39.8 Å². The van der Waals surface area contributed by atoms with E-state index in [1.807, 2.05) is 36.4 Å². The van der Waals surface area contributed by atoms with Crippen LogP contribution in [0.15, 0.2) is 126 Å². The molecule has 2 N–H and O–H groups in total. The van der Waals surface area contributed by atoms with Gasteiger partial charge in [0.25, 0.3) is 10.1 Å². The molecule has 530 valence electrons. The third-order valence-corrected chi connectivity index (χ3v) is 27.3. The smallest absolute Gasteiger partial charge is 0.264 e. The van der Waals surface area contributed by atoms with Gasteiger partial charge >= 0.3 is 0 Å². The Hall–Kier alpha value is -4.68. The number of benzene rings is 5. The van der Waals surface area contributed by atoms with Crippen molar-refractivity contribution in [1.82, 2.24) is 5.32 Å². The Kier molecular flexibility index (Phi) is 35.2. The highest BCUT2D eigenvalue weighted by molar-refractivity contribution is 7.86. The zero-order chi connectivity index (χ0) is 72.4. The first-order valence-electron chi connectivity index (χ1n) is 33.9. The number of aliphatic hydroxyl groups excluding tert-OH is 1. The Morgan fingerprint density at radius 1 is 0.436 bits per heavy atom. The maximum absolute atomic E-state index is 11.0. The molecular weight excluding hydrogens is 1270 g/mol. The Bertz CT molecular complexity index is 3030. The summed E-state index contributed by atoms with van der Waals surface area (Å²) in [6, 6.07) is 47.1. The average Bonchev–Trinajstić information content (AvgIpc) is 3.61. The van der Waals surface area contributed by atoms with E-state index in [2.05, 4.69) is 290 Å². The van der Waals surface area contributed by atoms with E-state index in [0.29, 0.717) is 18.6 Å². The molecule has 19 heteroatoms. The Balaban J connectivity index is 0.000000589. The normalized spacial score (nSPS) is 12.6. The van der Waals surface area contributed by atoms with Crippen LogP contribution in [0.25, 0.3) is 10.4 Å². The van der Waals surface area contributed by atoms with Crippen LogP contribution < -0.4 is 27.4 Å². The molecule has 0 fully saturated rings. The SMILES string of the molecule is CC(C)(C)c1ccc(O[Si](C)(C)CCN=[N+]=[N-])cc1.CC(C)(C)c1ccc(O[Si](C)(C)CCO)cc1.CC(C)(C)c1ccc(O[Si](C)(C)CCOS(C)(=O)=O)cc1.CC(C)NCC[Si](C)(C)Oc1ccc(C(C)(C)C)cc1.CCC[Si](C)(C)Oc1ccc(C(C)(C)C)cc1. The fraction of sp³-hybridized carbons (Fsp3) is 0.600. The summed E-state index contributed by atoms with van der Waals surface area (Å²) in [5.74, 6) is 4.70. The summed E-state index contributed by atoms with van der Waals surface area (Å²) in [6.07, 6.45) is 2.27. The molecule has 0 aromatic heterocycles. The average molecular weight is 1400 g/mol. The molecule has 0 radical (unpaired) electrons. The quantitative estimate of drug-likeness (QED) is 0.0188. The second kappa shape index (κ2) is 37.9. The summed E-state index contributed by atoms with van der Waals surface area (Å²) in [6.45, 7) is 63.4. The van der Waals surface area contributed by atoms with Gasteiger partial charge in [0.05, 0.1) is 12.9 Å². The van der Waals surface area contributed by atoms with Crippen molar-refractivity contribution in [2.75, 3.05) is 32.6 Å². The van der Waals surface area contributed by atoms with Gasteiger partial charge in [0, 0.05) is 30.1 Å². The lowest BCUT2D eigenvalue weighted by Gasteiger charge is -2.26. The summed E-state index contributed by atoms with van der Waals surface area (Å²) >= 11 is 0. The largest absolute Gasteiger partial charge is 0.544 e. The van der Waals surface area contributed by atoms with E-state index in [-0.39, 0.29) is 40.3 Å². The van der Waals surface area contributed by atoms with Gasteiger partial charge in [-0.05, 0) is 217 Å². The second-order valence-corrected chi connectivity index (χ2v) is 56.0. The van der Waals surface area contributed by atoms with Crippen molar-refractivity contribution in [2.45, 2.75) is 260 Å².